The minimum Gasteiger partial charge on any atom is -0.192 e. The number of hydrogen-bond donors (Lipinski definition) is 0. The SMILES string of the molecule is [C-]#[N+]C([N+]#[C-])=c1cc/c(=c2/ccc(=C(C#N)C#N)s2)s1. The molecule has 4 nitrogen and oxygen atoms in total. The Morgan fingerprint density at radius 1 is 0.900 bits per heavy atom. The van der Waals surface area contributed by atoms with Crippen LogP contribution < -0.4 is 9.06 Å². The molecule has 0 amide bonds. The molecule has 0 aliphatic heterocycles. The van der Waals surface area contributed by atoms with Crippen molar-refractivity contribution in [3.63, 3.8) is 0 Å². The van der Waals surface area contributed by atoms with Crippen molar-refractivity contribution in [3.8, 4) is 12.1 Å². The molecule has 2 heterocycles. The molecule has 92 valence electrons. The van der Waals surface area contributed by atoms with Gasteiger partial charge in [-0.25, -0.2) is 0 Å². The summed E-state index contributed by atoms with van der Waals surface area (Å²) in [5.74, 6) is 0.0549. The molecule has 0 atom stereocenters. The largest absolute Gasteiger partial charge is 0.536 e. The second kappa shape index (κ2) is 5.83. The summed E-state index contributed by atoms with van der Waals surface area (Å²) in [4.78, 5) is 6.36. The van der Waals surface area contributed by atoms with E-state index in [1.54, 1.807) is 12.1 Å². The Hall–Kier alpha value is -2.90. The molecular weight excluding hydrogens is 288 g/mol. The molecule has 0 N–H and O–H groups in total. The highest BCUT2D eigenvalue weighted by Gasteiger charge is 2.05. The third-order valence-electron chi connectivity index (χ3n) is 2.36. The van der Waals surface area contributed by atoms with Crippen molar-refractivity contribution in [2.75, 3.05) is 0 Å². The summed E-state index contributed by atoms with van der Waals surface area (Å²) in [6.07, 6.45) is 0. The molecule has 20 heavy (non-hydrogen) atoms. The van der Waals surface area contributed by atoms with Crippen molar-refractivity contribution in [2.45, 2.75) is 0 Å². The minimum atomic E-state index is 0.0549. The van der Waals surface area contributed by atoms with Crippen LogP contribution in [-0.2, 0) is 0 Å². The Bertz CT molecular complexity index is 925. The lowest BCUT2D eigenvalue weighted by molar-refractivity contribution is 1.51. The van der Waals surface area contributed by atoms with Gasteiger partial charge in [0.15, 0.2) is 0 Å². The zero-order valence-corrected chi connectivity index (χ0v) is 11.5. The fourth-order valence-corrected chi connectivity index (χ4v) is 3.45. The van der Waals surface area contributed by atoms with Gasteiger partial charge >= 0.3 is 5.82 Å². The van der Waals surface area contributed by atoms with Crippen molar-refractivity contribution < 1.29 is 0 Å². The Morgan fingerprint density at radius 2 is 1.40 bits per heavy atom. The fourth-order valence-electron chi connectivity index (χ4n) is 1.47. The number of hydrogen-bond acceptors (Lipinski definition) is 4. The molecule has 0 spiro atoms. The number of nitrogens with zero attached hydrogens (tertiary/aromatic N) is 4. The molecule has 0 aromatic carbocycles. The molecule has 0 saturated carbocycles. The van der Waals surface area contributed by atoms with Crippen molar-refractivity contribution in [2.24, 2.45) is 0 Å². The highest BCUT2D eigenvalue weighted by Crippen LogP contribution is 2.07. The first-order chi connectivity index (χ1) is 9.73. The second-order valence-electron chi connectivity index (χ2n) is 3.47. The van der Waals surface area contributed by atoms with Gasteiger partial charge in [0, 0.05) is 9.06 Å². The van der Waals surface area contributed by atoms with E-state index in [2.05, 4.69) is 9.69 Å². The van der Waals surface area contributed by atoms with Crippen LogP contribution in [0.4, 0.5) is 0 Å². The fraction of sp³-hybridized carbons (Fsp3) is 0. The van der Waals surface area contributed by atoms with E-state index in [1.165, 1.54) is 22.7 Å². The quantitative estimate of drug-likeness (QED) is 0.699. The monoisotopic (exact) mass is 292 g/mol. The van der Waals surface area contributed by atoms with Crippen LogP contribution in [0, 0.1) is 44.9 Å². The van der Waals surface area contributed by atoms with E-state index in [4.69, 9.17) is 23.7 Å². The second-order valence-corrected chi connectivity index (χ2v) is 5.64. The van der Waals surface area contributed by atoms with E-state index in [0.29, 0.717) is 9.06 Å². The molecule has 2 aromatic heterocycles. The van der Waals surface area contributed by atoms with Gasteiger partial charge in [-0.1, -0.05) is 0 Å². The zero-order valence-electron chi connectivity index (χ0n) is 9.91. The van der Waals surface area contributed by atoms with E-state index in [1.807, 2.05) is 24.3 Å². The summed E-state index contributed by atoms with van der Waals surface area (Å²) in [6, 6.07) is 10.9. The average molecular weight is 292 g/mol. The van der Waals surface area contributed by atoms with Gasteiger partial charge in [0.1, 0.15) is 35.4 Å². The van der Waals surface area contributed by atoms with Crippen molar-refractivity contribution in [1.29, 1.82) is 10.5 Å². The van der Waals surface area contributed by atoms with Crippen LogP contribution in [0.15, 0.2) is 24.3 Å². The smallest absolute Gasteiger partial charge is 0.192 e. The summed E-state index contributed by atoms with van der Waals surface area (Å²) in [5, 5.41) is 17.7. The molecule has 0 saturated heterocycles. The number of nitriles is 2. The predicted octanol–water partition coefficient (Wildman–Crippen LogP) is 2.20. The van der Waals surface area contributed by atoms with Gasteiger partial charge in [0.25, 0.3) is 0 Å². The van der Waals surface area contributed by atoms with Crippen LogP contribution in [0.25, 0.3) is 21.1 Å². The van der Waals surface area contributed by atoms with Crippen LogP contribution in [0.2, 0.25) is 0 Å². The molecule has 6 heteroatoms. The molecule has 0 fully saturated rings. The van der Waals surface area contributed by atoms with Gasteiger partial charge in [-0.05, 0) is 24.3 Å². The zero-order chi connectivity index (χ0) is 14.5. The number of thiophene rings is 2. The summed E-state index contributed by atoms with van der Waals surface area (Å²) in [7, 11) is 0. The Kier molecular flexibility index (Phi) is 3.94. The summed E-state index contributed by atoms with van der Waals surface area (Å²) >= 11 is 2.70. The molecular formula is C14H4N4S2. The van der Waals surface area contributed by atoms with Gasteiger partial charge in [-0.15, -0.1) is 22.7 Å². The topological polar surface area (TPSA) is 56.3 Å². The minimum absolute atomic E-state index is 0.0549. The molecule has 2 aromatic rings. The third-order valence-corrected chi connectivity index (χ3v) is 4.74. The van der Waals surface area contributed by atoms with E-state index < -0.39 is 0 Å². The maximum Gasteiger partial charge on any atom is 0.536 e. The first-order valence-electron chi connectivity index (χ1n) is 5.23. The van der Waals surface area contributed by atoms with Crippen molar-refractivity contribution in [3.05, 3.63) is 65.2 Å². The summed E-state index contributed by atoms with van der Waals surface area (Å²) < 4.78 is 3.08. The first kappa shape index (κ1) is 13.5. The van der Waals surface area contributed by atoms with Gasteiger partial charge in [0.2, 0.25) is 0 Å². The van der Waals surface area contributed by atoms with E-state index in [9.17, 15) is 0 Å². The molecule has 0 radical (unpaired) electrons. The van der Waals surface area contributed by atoms with Crippen molar-refractivity contribution >= 4 is 34.1 Å². The van der Waals surface area contributed by atoms with Crippen LogP contribution in [-0.4, -0.2) is 0 Å². The Labute approximate surface area is 122 Å². The lowest BCUT2D eigenvalue weighted by Crippen LogP contribution is -1.93. The maximum absolute atomic E-state index is 8.83. The highest BCUT2D eigenvalue weighted by molar-refractivity contribution is 7.11. The Balaban J connectivity index is 2.84. The van der Waals surface area contributed by atoms with E-state index >= 15 is 0 Å². The summed E-state index contributed by atoms with van der Waals surface area (Å²) in [6.45, 7) is 13.9. The third kappa shape index (κ3) is 2.44. The molecule has 2 rings (SSSR count). The van der Waals surface area contributed by atoms with Crippen LogP contribution in [0.3, 0.4) is 0 Å². The molecule has 0 unspecified atom stereocenters. The van der Waals surface area contributed by atoms with Crippen LogP contribution >= 0.6 is 22.7 Å². The summed E-state index contributed by atoms with van der Waals surface area (Å²) in [5.41, 5.74) is 0.0904. The Morgan fingerprint density at radius 3 is 1.90 bits per heavy atom. The standard InChI is InChI=1S/C14H4N4S2/c1-17-14(18-2)13-6-5-12(20-13)11-4-3-10(19-11)9(7-15)8-16/h3-6H/b12-11+. The van der Waals surface area contributed by atoms with Gasteiger partial charge < -0.3 is 0 Å². The normalized spacial score (nSPS) is 10.6. The lowest BCUT2D eigenvalue weighted by Gasteiger charge is -1.74. The molecule has 0 aliphatic carbocycles. The predicted molar refractivity (Wildman–Crippen MR) is 76.8 cm³/mol. The first-order valence-corrected chi connectivity index (χ1v) is 6.86. The van der Waals surface area contributed by atoms with Gasteiger partial charge in [-0.3, -0.25) is 0 Å². The molecule has 0 bridgehead atoms. The average Bonchev–Trinajstić information content (AvgIpc) is 3.11. The van der Waals surface area contributed by atoms with E-state index in [-0.39, 0.29) is 11.4 Å². The maximum atomic E-state index is 8.83. The van der Waals surface area contributed by atoms with Gasteiger partial charge in [-0.2, -0.15) is 20.2 Å². The van der Waals surface area contributed by atoms with Crippen molar-refractivity contribution in [1.82, 2.24) is 0 Å². The van der Waals surface area contributed by atoms with E-state index in [0.717, 1.165) is 9.06 Å². The van der Waals surface area contributed by atoms with Crippen LogP contribution in [0.1, 0.15) is 0 Å². The van der Waals surface area contributed by atoms with Gasteiger partial charge in [0.05, 0.1) is 4.53 Å². The lowest BCUT2D eigenvalue weighted by atomic mass is 10.3. The highest BCUT2D eigenvalue weighted by atomic mass is 32.1. The molecule has 0 aliphatic rings. The van der Waals surface area contributed by atoms with Crippen LogP contribution in [0.5, 0.6) is 0 Å². The number of rotatable bonds is 0.